The second-order valence-electron chi connectivity index (χ2n) is 6.60. The van der Waals surface area contributed by atoms with Crippen LogP contribution in [0, 0.1) is 0 Å². The Morgan fingerprint density at radius 2 is 1.75 bits per heavy atom. The molecule has 0 unspecified atom stereocenters. The van der Waals surface area contributed by atoms with Crippen LogP contribution in [-0.2, 0) is 0 Å². The molecule has 1 spiro atoms. The average Bonchev–Trinajstić information content (AvgIpc) is 2.48. The highest BCUT2D eigenvalue weighted by molar-refractivity contribution is 5.56. The molecule has 3 nitrogen and oxygen atoms in total. The second-order valence-corrected chi connectivity index (χ2v) is 6.60. The molecule has 20 heavy (non-hydrogen) atoms. The van der Waals surface area contributed by atoms with Crippen molar-refractivity contribution in [3.8, 4) is 0 Å². The zero-order valence-electron chi connectivity index (χ0n) is 12.9. The number of benzene rings is 1. The summed E-state index contributed by atoms with van der Waals surface area (Å²) in [4.78, 5) is 4.73. The Hall–Kier alpha value is -1.22. The number of nitrogens with zero attached hydrogens (tertiary/aromatic N) is 2. The van der Waals surface area contributed by atoms with Gasteiger partial charge in [0.2, 0.25) is 0 Å². The third kappa shape index (κ3) is 2.78. The van der Waals surface area contributed by atoms with Gasteiger partial charge < -0.3 is 15.1 Å². The lowest BCUT2D eigenvalue weighted by atomic mass is 9.80. The summed E-state index contributed by atoms with van der Waals surface area (Å²) in [5.74, 6) is 0. The van der Waals surface area contributed by atoms with E-state index in [1.807, 2.05) is 0 Å². The molecule has 3 heteroatoms. The van der Waals surface area contributed by atoms with Crippen LogP contribution in [0.3, 0.4) is 0 Å². The van der Waals surface area contributed by atoms with E-state index in [-0.39, 0.29) is 0 Å². The van der Waals surface area contributed by atoms with Crippen molar-refractivity contribution in [2.45, 2.75) is 37.6 Å². The molecule has 0 aromatic heterocycles. The Kier molecular flexibility index (Phi) is 3.88. The number of nitrogens with one attached hydrogen (secondary N) is 1. The molecule has 1 aliphatic carbocycles. The molecule has 1 aliphatic heterocycles. The highest BCUT2D eigenvalue weighted by atomic mass is 15.2. The maximum atomic E-state index is 3.81. The highest BCUT2D eigenvalue weighted by Crippen LogP contribution is 2.32. The average molecular weight is 273 g/mol. The molecule has 1 saturated carbocycles. The Morgan fingerprint density at radius 1 is 1.05 bits per heavy atom. The monoisotopic (exact) mass is 273 g/mol. The standard InChI is InChI=1S/C17H27N3/c1-19(2)15-6-8-16(9-7-15)20-13-12-18-17(14-20)10-4-3-5-11-17/h6-9,18H,3-5,10-14H2,1-2H3. The largest absolute Gasteiger partial charge is 0.378 e. The SMILES string of the molecule is CN(C)c1ccc(N2CCNC3(CCCCC3)C2)cc1. The normalized spacial score (nSPS) is 22.0. The molecule has 1 heterocycles. The fourth-order valence-corrected chi connectivity index (χ4v) is 3.70. The molecule has 2 fully saturated rings. The zero-order valence-corrected chi connectivity index (χ0v) is 12.9. The van der Waals surface area contributed by atoms with Gasteiger partial charge in [0.15, 0.2) is 0 Å². The van der Waals surface area contributed by atoms with Gasteiger partial charge in [-0.3, -0.25) is 0 Å². The summed E-state index contributed by atoms with van der Waals surface area (Å²) in [6.45, 7) is 3.42. The lowest BCUT2D eigenvalue weighted by Gasteiger charge is -2.47. The predicted molar refractivity (Wildman–Crippen MR) is 86.8 cm³/mol. The number of rotatable bonds is 2. The van der Waals surface area contributed by atoms with Gasteiger partial charge in [0.25, 0.3) is 0 Å². The summed E-state index contributed by atoms with van der Waals surface area (Å²) < 4.78 is 0. The van der Waals surface area contributed by atoms with E-state index in [0.29, 0.717) is 5.54 Å². The van der Waals surface area contributed by atoms with Crippen molar-refractivity contribution in [3.05, 3.63) is 24.3 Å². The maximum Gasteiger partial charge on any atom is 0.0368 e. The fourth-order valence-electron chi connectivity index (χ4n) is 3.70. The minimum atomic E-state index is 0.386. The molecule has 1 aromatic rings. The molecular weight excluding hydrogens is 246 g/mol. The Morgan fingerprint density at radius 3 is 2.40 bits per heavy atom. The smallest absolute Gasteiger partial charge is 0.0368 e. The topological polar surface area (TPSA) is 18.5 Å². The van der Waals surface area contributed by atoms with E-state index < -0.39 is 0 Å². The van der Waals surface area contributed by atoms with Gasteiger partial charge in [0.05, 0.1) is 0 Å². The van der Waals surface area contributed by atoms with E-state index in [0.717, 1.165) is 13.1 Å². The van der Waals surface area contributed by atoms with Gasteiger partial charge in [-0.25, -0.2) is 0 Å². The van der Waals surface area contributed by atoms with Crippen LogP contribution in [0.2, 0.25) is 0 Å². The van der Waals surface area contributed by atoms with Crippen molar-refractivity contribution in [3.63, 3.8) is 0 Å². The third-order valence-corrected chi connectivity index (χ3v) is 4.92. The Balaban J connectivity index is 1.73. The number of anilines is 2. The van der Waals surface area contributed by atoms with E-state index in [2.05, 4.69) is 53.5 Å². The summed E-state index contributed by atoms with van der Waals surface area (Å²) >= 11 is 0. The summed E-state index contributed by atoms with van der Waals surface area (Å²) in [5, 5.41) is 3.81. The van der Waals surface area contributed by atoms with Crippen LogP contribution in [0.15, 0.2) is 24.3 Å². The lowest BCUT2D eigenvalue weighted by Crippen LogP contribution is -2.61. The van der Waals surface area contributed by atoms with Gasteiger partial charge in [-0.1, -0.05) is 19.3 Å². The number of hydrogen-bond acceptors (Lipinski definition) is 3. The molecule has 0 radical (unpaired) electrons. The summed E-state index contributed by atoms with van der Waals surface area (Å²) in [6.07, 6.45) is 6.89. The Bertz CT molecular complexity index is 427. The Labute approximate surface area is 123 Å². The predicted octanol–water partition coefficient (Wildman–Crippen LogP) is 2.87. The molecule has 2 aliphatic rings. The van der Waals surface area contributed by atoms with Crippen LogP contribution in [0.4, 0.5) is 11.4 Å². The van der Waals surface area contributed by atoms with Crippen molar-refractivity contribution in [2.24, 2.45) is 0 Å². The van der Waals surface area contributed by atoms with Crippen LogP contribution < -0.4 is 15.1 Å². The molecule has 0 atom stereocenters. The summed E-state index contributed by atoms with van der Waals surface area (Å²) in [6, 6.07) is 9.00. The van der Waals surface area contributed by atoms with Crippen molar-refractivity contribution >= 4 is 11.4 Å². The number of hydrogen-bond donors (Lipinski definition) is 1. The van der Waals surface area contributed by atoms with E-state index in [4.69, 9.17) is 0 Å². The lowest BCUT2D eigenvalue weighted by molar-refractivity contribution is 0.216. The minimum Gasteiger partial charge on any atom is -0.378 e. The van der Waals surface area contributed by atoms with Gasteiger partial charge in [-0.05, 0) is 37.1 Å². The first kappa shape index (κ1) is 13.7. The molecular formula is C17H27N3. The number of piperazine rings is 1. The van der Waals surface area contributed by atoms with Crippen LogP contribution in [0.1, 0.15) is 32.1 Å². The summed E-state index contributed by atoms with van der Waals surface area (Å²) in [7, 11) is 4.19. The molecule has 1 aromatic carbocycles. The first-order chi connectivity index (χ1) is 9.69. The highest BCUT2D eigenvalue weighted by Gasteiger charge is 2.36. The molecule has 110 valence electrons. The van der Waals surface area contributed by atoms with E-state index >= 15 is 0 Å². The van der Waals surface area contributed by atoms with Gasteiger partial charge in [-0.15, -0.1) is 0 Å². The first-order valence-corrected chi connectivity index (χ1v) is 7.96. The molecule has 0 amide bonds. The van der Waals surface area contributed by atoms with Gasteiger partial charge in [0.1, 0.15) is 0 Å². The van der Waals surface area contributed by atoms with Gasteiger partial charge >= 0.3 is 0 Å². The van der Waals surface area contributed by atoms with Crippen molar-refractivity contribution < 1.29 is 0 Å². The first-order valence-electron chi connectivity index (χ1n) is 7.96. The molecule has 3 rings (SSSR count). The fraction of sp³-hybridized carbons (Fsp3) is 0.647. The minimum absolute atomic E-state index is 0.386. The van der Waals surface area contributed by atoms with Gasteiger partial charge in [0, 0.05) is 50.6 Å². The molecule has 0 bridgehead atoms. The zero-order chi connectivity index (χ0) is 14.0. The van der Waals surface area contributed by atoms with Crippen LogP contribution in [0.25, 0.3) is 0 Å². The van der Waals surface area contributed by atoms with Crippen molar-refractivity contribution in [2.75, 3.05) is 43.5 Å². The van der Waals surface area contributed by atoms with E-state index in [9.17, 15) is 0 Å². The second kappa shape index (κ2) is 5.65. The molecule has 1 saturated heterocycles. The summed E-state index contributed by atoms with van der Waals surface area (Å²) in [5.41, 5.74) is 3.04. The van der Waals surface area contributed by atoms with Crippen LogP contribution in [0.5, 0.6) is 0 Å². The van der Waals surface area contributed by atoms with E-state index in [1.54, 1.807) is 0 Å². The van der Waals surface area contributed by atoms with E-state index in [1.165, 1.54) is 50.0 Å². The van der Waals surface area contributed by atoms with Gasteiger partial charge in [-0.2, -0.15) is 0 Å². The third-order valence-electron chi connectivity index (χ3n) is 4.92. The quantitative estimate of drug-likeness (QED) is 0.894. The van der Waals surface area contributed by atoms with Crippen molar-refractivity contribution in [1.29, 1.82) is 0 Å². The van der Waals surface area contributed by atoms with Crippen LogP contribution >= 0.6 is 0 Å². The van der Waals surface area contributed by atoms with Crippen molar-refractivity contribution in [1.82, 2.24) is 5.32 Å². The van der Waals surface area contributed by atoms with Crippen LogP contribution in [-0.4, -0.2) is 39.3 Å². The molecule has 1 N–H and O–H groups in total. The maximum absolute atomic E-state index is 3.81.